The Morgan fingerprint density at radius 3 is 2.96 bits per heavy atom. The van der Waals surface area contributed by atoms with Crippen LogP contribution in [0.2, 0.25) is 5.02 Å². The molecule has 0 spiro atoms. The van der Waals surface area contributed by atoms with Gasteiger partial charge in [0.2, 0.25) is 0 Å². The fraction of sp³-hybridized carbons (Fsp3) is 0.357. The van der Waals surface area contributed by atoms with Crippen molar-refractivity contribution in [3.63, 3.8) is 0 Å². The number of amidine groups is 1. The Morgan fingerprint density at radius 1 is 1.48 bits per heavy atom. The maximum atomic E-state index is 11.9. The van der Waals surface area contributed by atoms with Gasteiger partial charge in [-0.15, -0.1) is 0 Å². The van der Waals surface area contributed by atoms with Crippen LogP contribution in [-0.4, -0.2) is 42.3 Å². The Labute approximate surface area is 143 Å². The number of hydrogen-bond acceptors (Lipinski definition) is 5. The molecule has 0 N–H and O–H groups in total. The van der Waals surface area contributed by atoms with Crippen molar-refractivity contribution in [3.05, 3.63) is 29.3 Å². The van der Waals surface area contributed by atoms with Crippen molar-refractivity contribution in [1.82, 2.24) is 0 Å². The van der Waals surface area contributed by atoms with Gasteiger partial charge in [0.15, 0.2) is 15.0 Å². The smallest absolute Gasteiger partial charge is 0.262 e. The van der Waals surface area contributed by atoms with E-state index in [-0.39, 0.29) is 29.2 Å². The third-order valence-electron chi connectivity index (χ3n) is 3.60. The molecule has 0 bridgehead atoms. The Kier molecular flexibility index (Phi) is 4.36. The number of carbonyl (C=O) groups excluding carboxylic acids is 1. The number of carbonyl (C=O) groups is 1. The molecule has 9 heteroatoms. The summed E-state index contributed by atoms with van der Waals surface area (Å²) in [6.45, 7) is 0. The Balaban J connectivity index is 2.01. The van der Waals surface area contributed by atoms with Gasteiger partial charge < -0.3 is 4.90 Å². The second kappa shape index (κ2) is 6.15. The van der Waals surface area contributed by atoms with Gasteiger partial charge in [0, 0.05) is 16.0 Å². The van der Waals surface area contributed by atoms with Crippen molar-refractivity contribution < 1.29 is 13.2 Å². The molecule has 2 fully saturated rings. The zero-order valence-corrected chi connectivity index (χ0v) is 14.2. The molecule has 3 rings (SSSR count). The van der Waals surface area contributed by atoms with Gasteiger partial charge in [-0.2, -0.15) is 10.3 Å². The molecule has 120 valence electrons. The molecule has 2 unspecified atom stereocenters. The number of fused-ring (bicyclic) bond motifs is 1. The maximum Gasteiger partial charge on any atom is 0.262 e. The van der Waals surface area contributed by atoms with Crippen molar-refractivity contribution in [2.75, 3.05) is 16.4 Å². The monoisotopic (exact) mass is 369 g/mol. The summed E-state index contributed by atoms with van der Waals surface area (Å²) in [5.41, 5.74) is 0.693. The lowest BCUT2D eigenvalue weighted by Gasteiger charge is -2.24. The van der Waals surface area contributed by atoms with Crippen molar-refractivity contribution in [3.8, 4) is 6.07 Å². The predicted molar refractivity (Wildman–Crippen MR) is 90.4 cm³/mol. The molecule has 2 heterocycles. The minimum Gasteiger partial charge on any atom is -0.316 e. The van der Waals surface area contributed by atoms with Crippen LogP contribution in [0.4, 0.5) is 5.69 Å². The average Bonchev–Trinajstić information content (AvgIpc) is 2.89. The number of nitrogens with zero attached hydrogens (tertiary/aromatic N) is 3. The number of benzene rings is 1. The fourth-order valence-corrected chi connectivity index (χ4v) is 6.82. The summed E-state index contributed by atoms with van der Waals surface area (Å²) in [6.07, 6.45) is -0.304. The highest BCUT2D eigenvalue weighted by atomic mass is 35.5. The number of anilines is 1. The van der Waals surface area contributed by atoms with Crippen LogP contribution in [0.5, 0.6) is 0 Å². The molecule has 2 aliphatic heterocycles. The van der Waals surface area contributed by atoms with E-state index in [1.807, 2.05) is 0 Å². The van der Waals surface area contributed by atoms with Crippen molar-refractivity contribution in [1.29, 1.82) is 5.26 Å². The van der Waals surface area contributed by atoms with Gasteiger partial charge >= 0.3 is 0 Å². The van der Waals surface area contributed by atoms with Crippen LogP contribution in [0.1, 0.15) is 6.42 Å². The van der Waals surface area contributed by atoms with Crippen LogP contribution in [0.15, 0.2) is 29.3 Å². The first-order chi connectivity index (χ1) is 10.9. The first-order valence-electron chi connectivity index (χ1n) is 6.80. The molecule has 0 saturated carbocycles. The van der Waals surface area contributed by atoms with E-state index in [9.17, 15) is 13.2 Å². The molecule has 6 nitrogen and oxygen atoms in total. The van der Waals surface area contributed by atoms with Crippen LogP contribution in [0.25, 0.3) is 0 Å². The second-order valence-corrected chi connectivity index (χ2v) is 9.07. The quantitative estimate of drug-likeness (QED) is 0.790. The van der Waals surface area contributed by atoms with Gasteiger partial charge in [-0.25, -0.2) is 8.42 Å². The summed E-state index contributed by atoms with van der Waals surface area (Å²) in [5, 5.41) is 9.37. The Hall–Kier alpha value is -1.56. The number of nitriles is 1. The van der Waals surface area contributed by atoms with Crippen LogP contribution in [0.3, 0.4) is 0 Å². The number of thioether (sulfide) groups is 1. The molecule has 23 heavy (non-hydrogen) atoms. The molecular formula is C14H12ClN3O3S2. The standard InChI is InChI=1S/C14H12ClN3O3S2/c15-9-2-1-3-10(6-9)18-11-7-23(20,21)8-12(11)22-14(18)17-13(19)4-5-16/h1-3,6,11-12H,4,7-8H2. The van der Waals surface area contributed by atoms with Crippen molar-refractivity contribution in [2.24, 2.45) is 4.99 Å². The lowest BCUT2D eigenvalue weighted by Crippen LogP contribution is -2.37. The Morgan fingerprint density at radius 2 is 2.26 bits per heavy atom. The largest absolute Gasteiger partial charge is 0.316 e. The summed E-state index contributed by atoms with van der Waals surface area (Å²) < 4.78 is 23.8. The zero-order valence-electron chi connectivity index (χ0n) is 11.8. The highest BCUT2D eigenvalue weighted by Crippen LogP contribution is 2.41. The fourth-order valence-electron chi connectivity index (χ4n) is 2.71. The zero-order chi connectivity index (χ0) is 16.6. The van der Waals surface area contributed by atoms with E-state index in [2.05, 4.69) is 4.99 Å². The summed E-state index contributed by atoms with van der Waals surface area (Å²) in [5.74, 6) is -0.460. The van der Waals surface area contributed by atoms with E-state index in [1.54, 1.807) is 35.2 Å². The highest BCUT2D eigenvalue weighted by Gasteiger charge is 2.49. The molecule has 1 amide bonds. The molecule has 0 aliphatic carbocycles. The number of aliphatic imine (C=N–C) groups is 1. The summed E-state index contributed by atoms with van der Waals surface area (Å²) in [4.78, 5) is 17.4. The summed E-state index contributed by atoms with van der Waals surface area (Å²) >= 11 is 7.29. The number of halogens is 1. The van der Waals surface area contributed by atoms with Crippen LogP contribution in [-0.2, 0) is 14.6 Å². The van der Waals surface area contributed by atoms with Crippen molar-refractivity contribution in [2.45, 2.75) is 17.7 Å². The topological polar surface area (TPSA) is 90.6 Å². The van der Waals surface area contributed by atoms with Gasteiger partial charge in [0.05, 0.1) is 23.6 Å². The van der Waals surface area contributed by atoms with Gasteiger partial charge in [-0.05, 0) is 18.2 Å². The number of amides is 1. The maximum absolute atomic E-state index is 11.9. The molecule has 2 saturated heterocycles. The van der Waals surface area contributed by atoms with E-state index in [4.69, 9.17) is 16.9 Å². The summed E-state index contributed by atoms with van der Waals surface area (Å²) in [7, 11) is -3.11. The third-order valence-corrected chi connectivity index (χ3v) is 7.05. The molecule has 1 aromatic rings. The average molecular weight is 370 g/mol. The molecule has 2 aliphatic rings. The van der Waals surface area contributed by atoms with E-state index < -0.39 is 15.7 Å². The minimum atomic E-state index is -3.11. The molecule has 0 radical (unpaired) electrons. The van der Waals surface area contributed by atoms with E-state index >= 15 is 0 Å². The van der Waals surface area contributed by atoms with E-state index in [0.29, 0.717) is 15.9 Å². The second-order valence-electron chi connectivity index (χ2n) is 5.27. The first kappa shape index (κ1) is 16.3. The van der Waals surface area contributed by atoms with Crippen LogP contribution < -0.4 is 4.90 Å². The van der Waals surface area contributed by atoms with E-state index in [0.717, 1.165) is 0 Å². The van der Waals surface area contributed by atoms with Gasteiger partial charge in [0.25, 0.3) is 5.91 Å². The molecular weight excluding hydrogens is 358 g/mol. The molecule has 0 aromatic heterocycles. The third kappa shape index (κ3) is 3.37. The number of sulfone groups is 1. The van der Waals surface area contributed by atoms with Gasteiger partial charge in [0.1, 0.15) is 6.42 Å². The lowest BCUT2D eigenvalue weighted by atomic mass is 10.2. The number of hydrogen-bond donors (Lipinski definition) is 0. The van der Waals surface area contributed by atoms with Gasteiger partial charge in [-0.3, -0.25) is 4.79 Å². The summed E-state index contributed by atoms with van der Waals surface area (Å²) in [6, 6.07) is 8.47. The predicted octanol–water partition coefficient (Wildman–Crippen LogP) is 1.86. The van der Waals surface area contributed by atoms with Gasteiger partial charge in [-0.1, -0.05) is 29.4 Å². The Bertz CT molecular complexity index is 832. The van der Waals surface area contributed by atoms with E-state index in [1.165, 1.54) is 11.8 Å². The van der Waals surface area contributed by atoms with Crippen LogP contribution in [0, 0.1) is 11.3 Å². The molecule has 1 aromatic carbocycles. The lowest BCUT2D eigenvalue weighted by molar-refractivity contribution is -0.116. The SMILES string of the molecule is N#CCC(=O)N=C1SC2CS(=O)(=O)CC2N1c1cccc(Cl)c1. The number of rotatable bonds is 2. The van der Waals surface area contributed by atoms with Crippen LogP contribution >= 0.6 is 23.4 Å². The van der Waals surface area contributed by atoms with Crippen molar-refractivity contribution >= 4 is 50.0 Å². The highest BCUT2D eigenvalue weighted by molar-refractivity contribution is 8.16. The normalized spacial score (nSPS) is 27.0. The minimum absolute atomic E-state index is 0.0165. The first-order valence-corrected chi connectivity index (χ1v) is 9.88. The molecule has 2 atom stereocenters.